The molecular formula is C37H60N2O7S. The highest BCUT2D eigenvalue weighted by Gasteiger charge is 2.64. The van der Waals surface area contributed by atoms with Crippen molar-refractivity contribution in [1.82, 2.24) is 5.32 Å². The Kier molecular flexibility index (Phi) is 16.4. The molecule has 4 unspecified atom stereocenters. The lowest BCUT2D eigenvalue weighted by atomic mass is 9.58. The number of carboxylic acid groups (broad SMARTS) is 1. The van der Waals surface area contributed by atoms with Crippen LogP contribution in [-0.4, -0.2) is 59.4 Å². The minimum absolute atomic E-state index is 0.0104. The van der Waals surface area contributed by atoms with Gasteiger partial charge in [-0.1, -0.05) is 110 Å². The number of carbonyl (C=O) groups is 3. The Hall–Kier alpha value is -2.30. The number of thioether (sulfide) groups is 1. The lowest BCUT2D eigenvalue weighted by Crippen LogP contribution is -2.58. The number of ether oxygens (including phenoxy) is 2. The van der Waals surface area contributed by atoms with Gasteiger partial charge in [-0.15, -0.1) is 0 Å². The van der Waals surface area contributed by atoms with Crippen LogP contribution in [0.2, 0.25) is 0 Å². The number of benzene rings is 1. The van der Waals surface area contributed by atoms with Gasteiger partial charge in [-0.05, 0) is 36.8 Å². The normalized spacial score (nSPS) is 24.0. The van der Waals surface area contributed by atoms with Gasteiger partial charge in [-0.25, -0.2) is 4.79 Å². The summed E-state index contributed by atoms with van der Waals surface area (Å²) < 4.78 is 12.2. The van der Waals surface area contributed by atoms with Gasteiger partial charge in [0.15, 0.2) is 0 Å². The Labute approximate surface area is 286 Å². The van der Waals surface area contributed by atoms with Gasteiger partial charge in [0.25, 0.3) is 0 Å². The molecule has 1 heterocycles. The largest absolute Gasteiger partial charge is 0.481 e. The standard InChI is InChI=1S/C37H60N2O7S/c1-5-7-9-10-11-12-13-14-15-16-20-36(34(42)43)26-47-23-22-46-37(36)24-29(33(41)38-21-8-6-2)32(40)28-18-17-19-30(31(28)37)39-35(44)45-25-27(3)4/h17-19,27,29,32,40H,5-16,20-26H2,1-4H3,(H,38,41)(H,39,44)(H,42,43). The van der Waals surface area contributed by atoms with Crippen LogP contribution in [-0.2, 0) is 24.7 Å². The number of aliphatic hydroxyl groups excluding tert-OH is 1. The maximum Gasteiger partial charge on any atom is 0.411 e. The molecule has 4 N–H and O–H groups in total. The summed E-state index contributed by atoms with van der Waals surface area (Å²) in [5.74, 6) is -1.18. The first kappa shape index (κ1) is 39.1. The van der Waals surface area contributed by atoms with E-state index in [4.69, 9.17) is 9.47 Å². The number of anilines is 1. The van der Waals surface area contributed by atoms with Gasteiger partial charge in [0.1, 0.15) is 11.0 Å². The molecule has 0 bridgehead atoms. The first-order valence-corrected chi connectivity index (χ1v) is 19.3. The summed E-state index contributed by atoms with van der Waals surface area (Å²) in [5, 5.41) is 28.8. The minimum Gasteiger partial charge on any atom is -0.481 e. The van der Waals surface area contributed by atoms with Crippen molar-refractivity contribution in [2.24, 2.45) is 17.3 Å². The number of hydrogen-bond acceptors (Lipinski definition) is 7. The molecule has 1 fully saturated rings. The molecule has 0 aromatic heterocycles. The van der Waals surface area contributed by atoms with E-state index in [1.54, 1.807) is 30.0 Å². The minimum atomic E-state index is -1.47. The molecule has 1 saturated heterocycles. The molecule has 0 saturated carbocycles. The second kappa shape index (κ2) is 19.6. The average Bonchev–Trinajstić information content (AvgIpc) is 3.23. The van der Waals surface area contributed by atoms with E-state index in [1.165, 1.54) is 38.5 Å². The summed E-state index contributed by atoms with van der Waals surface area (Å²) in [5.41, 5.74) is -1.66. The maximum absolute atomic E-state index is 13.7. The highest BCUT2D eigenvalue weighted by atomic mass is 32.2. The molecule has 1 spiro atoms. The molecular weight excluding hydrogens is 616 g/mol. The maximum atomic E-state index is 13.7. The van der Waals surface area contributed by atoms with Gasteiger partial charge in [-0.3, -0.25) is 14.9 Å². The number of fused-ring (bicyclic) bond motifs is 2. The third kappa shape index (κ3) is 10.1. The summed E-state index contributed by atoms with van der Waals surface area (Å²) in [6, 6.07) is 5.15. The van der Waals surface area contributed by atoms with E-state index in [2.05, 4.69) is 17.6 Å². The zero-order chi connectivity index (χ0) is 34.3. The number of rotatable bonds is 19. The topological polar surface area (TPSA) is 134 Å². The van der Waals surface area contributed by atoms with Crippen LogP contribution in [0.5, 0.6) is 0 Å². The summed E-state index contributed by atoms with van der Waals surface area (Å²) in [7, 11) is 0. The molecule has 1 aromatic carbocycles. The van der Waals surface area contributed by atoms with Crippen molar-refractivity contribution in [3.8, 4) is 0 Å². The highest BCUT2D eigenvalue weighted by molar-refractivity contribution is 7.99. The number of nitrogens with one attached hydrogen (secondary N) is 2. The Morgan fingerprint density at radius 3 is 2.30 bits per heavy atom. The Morgan fingerprint density at radius 1 is 1.00 bits per heavy atom. The Balaban J connectivity index is 2.01. The number of hydrogen-bond donors (Lipinski definition) is 4. The molecule has 47 heavy (non-hydrogen) atoms. The molecule has 4 atom stereocenters. The van der Waals surface area contributed by atoms with E-state index in [1.807, 2.05) is 20.8 Å². The molecule has 9 nitrogen and oxygen atoms in total. The van der Waals surface area contributed by atoms with E-state index >= 15 is 0 Å². The van der Waals surface area contributed by atoms with Crippen LogP contribution in [0.25, 0.3) is 0 Å². The van der Waals surface area contributed by atoms with Crippen molar-refractivity contribution < 1.29 is 34.1 Å². The fourth-order valence-electron chi connectivity index (χ4n) is 7.13. The van der Waals surface area contributed by atoms with Crippen LogP contribution < -0.4 is 10.6 Å². The molecule has 1 aliphatic carbocycles. The van der Waals surface area contributed by atoms with Crippen molar-refractivity contribution in [2.45, 2.75) is 129 Å². The predicted octanol–water partition coefficient (Wildman–Crippen LogP) is 8.20. The molecule has 266 valence electrons. The van der Waals surface area contributed by atoms with Gasteiger partial charge in [0.05, 0.1) is 30.9 Å². The SMILES string of the molecule is CCCCCCCCCCCCC1(C(=O)O)CSCCOC12CC(C(=O)NCCCC)C(O)c1cccc(NC(=O)OCC(C)C)c12. The van der Waals surface area contributed by atoms with Crippen LogP contribution in [0.15, 0.2) is 18.2 Å². The van der Waals surface area contributed by atoms with Crippen LogP contribution in [0.3, 0.4) is 0 Å². The number of amides is 2. The second-order valence-corrected chi connectivity index (χ2v) is 14.9. The summed E-state index contributed by atoms with van der Waals surface area (Å²) >= 11 is 1.55. The third-order valence-corrected chi connectivity index (χ3v) is 10.9. The first-order valence-electron chi connectivity index (χ1n) is 18.1. The second-order valence-electron chi connectivity index (χ2n) is 13.8. The monoisotopic (exact) mass is 676 g/mol. The Morgan fingerprint density at radius 2 is 1.66 bits per heavy atom. The molecule has 1 aromatic rings. The van der Waals surface area contributed by atoms with E-state index in [0.717, 1.165) is 32.1 Å². The average molecular weight is 677 g/mol. The van der Waals surface area contributed by atoms with E-state index < -0.39 is 35.1 Å². The fourth-order valence-corrected chi connectivity index (χ4v) is 8.32. The number of unbranched alkanes of at least 4 members (excludes halogenated alkanes) is 10. The first-order chi connectivity index (χ1) is 22.6. The van der Waals surface area contributed by atoms with E-state index in [-0.39, 0.29) is 31.5 Å². The van der Waals surface area contributed by atoms with Gasteiger partial charge < -0.3 is 25.0 Å². The number of carbonyl (C=O) groups excluding carboxylic acids is 2. The van der Waals surface area contributed by atoms with Crippen LogP contribution in [0, 0.1) is 17.3 Å². The lowest BCUT2D eigenvalue weighted by molar-refractivity contribution is -0.192. The Bertz CT molecular complexity index is 1150. The van der Waals surface area contributed by atoms with E-state index in [9.17, 15) is 24.6 Å². The smallest absolute Gasteiger partial charge is 0.411 e. The number of carboxylic acids is 1. The molecule has 0 radical (unpaired) electrons. The quantitative estimate of drug-likeness (QED) is 0.108. The van der Waals surface area contributed by atoms with Gasteiger partial charge in [-0.2, -0.15) is 11.8 Å². The summed E-state index contributed by atoms with van der Waals surface area (Å²) in [6.07, 6.45) is 11.5. The predicted molar refractivity (Wildman–Crippen MR) is 189 cm³/mol. The number of aliphatic hydroxyl groups is 1. The molecule has 10 heteroatoms. The lowest BCUT2D eigenvalue weighted by Gasteiger charge is -2.52. The van der Waals surface area contributed by atoms with Crippen molar-refractivity contribution in [3.05, 3.63) is 29.3 Å². The zero-order valence-electron chi connectivity index (χ0n) is 29.2. The van der Waals surface area contributed by atoms with Gasteiger partial charge in [0.2, 0.25) is 5.91 Å². The molecule has 3 rings (SSSR count). The summed E-state index contributed by atoms with van der Waals surface area (Å²) in [4.78, 5) is 40.4. The van der Waals surface area contributed by atoms with Crippen LogP contribution >= 0.6 is 11.8 Å². The van der Waals surface area contributed by atoms with Crippen molar-refractivity contribution in [2.75, 3.05) is 36.6 Å². The molecule has 1 aliphatic heterocycles. The summed E-state index contributed by atoms with van der Waals surface area (Å²) in [6.45, 7) is 9.13. The van der Waals surface area contributed by atoms with Crippen molar-refractivity contribution in [1.29, 1.82) is 0 Å². The van der Waals surface area contributed by atoms with E-state index in [0.29, 0.717) is 47.7 Å². The van der Waals surface area contributed by atoms with Crippen LogP contribution in [0.1, 0.15) is 135 Å². The molecule has 2 aliphatic rings. The third-order valence-electron chi connectivity index (χ3n) is 9.72. The van der Waals surface area contributed by atoms with Crippen molar-refractivity contribution >= 4 is 35.4 Å². The fraction of sp³-hybridized carbons (Fsp3) is 0.757. The molecule has 2 amide bonds. The zero-order valence-corrected chi connectivity index (χ0v) is 30.1. The van der Waals surface area contributed by atoms with Crippen molar-refractivity contribution in [3.63, 3.8) is 0 Å². The van der Waals surface area contributed by atoms with Crippen LogP contribution in [0.4, 0.5) is 10.5 Å². The number of aliphatic carboxylic acids is 1. The van der Waals surface area contributed by atoms with Gasteiger partial charge in [0, 0.05) is 23.6 Å². The highest BCUT2D eigenvalue weighted by Crippen LogP contribution is 2.60. The van der Waals surface area contributed by atoms with Gasteiger partial charge >= 0.3 is 12.1 Å².